The number of nitrogens with one attached hydrogen (secondary N) is 1. The van der Waals surface area contributed by atoms with Gasteiger partial charge in [0.05, 0.1) is 5.69 Å². The maximum absolute atomic E-state index is 7.09. The number of hydrogen-bond donors (Lipinski definition) is 1. The number of nitrogens with zero attached hydrogens (tertiary/aromatic N) is 5. The molecule has 1 aromatic heterocycles. The summed E-state index contributed by atoms with van der Waals surface area (Å²) in [4.78, 5) is 11.5. The van der Waals surface area contributed by atoms with Crippen molar-refractivity contribution in [3.8, 4) is 0 Å². The van der Waals surface area contributed by atoms with E-state index in [2.05, 4.69) is 20.2 Å². The van der Waals surface area contributed by atoms with Gasteiger partial charge in [0.15, 0.2) is 0 Å². The Kier molecular flexibility index (Phi) is 2.59. The first kappa shape index (κ1) is 9.20. The highest BCUT2D eigenvalue weighted by Crippen LogP contribution is 2.20. The van der Waals surface area contributed by atoms with E-state index in [-0.39, 0.29) is 0 Å². The molecule has 1 heterocycles. The van der Waals surface area contributed by atoms with Gasteiger partial charge in [-0.3, -0.25) is 0 Å². The molecule has 0 aliphatic carbocycles. The number of hydrogen-bond acceptors (Lipinski definition) is 5. The van der Waals surface area contributed by atoms with Crippen LogP contribution >= 0.6 is 0 Å². The first-order valence-corrected chi connectivity index (χ1v) is 4.26. The van der Waals surface area contributed by atoms with Gasteiger partial charge >= 0.3 is 0 Å². The van der Waals surface area contributed by atoms with Crippen LogP contribution in [0.3, 0.4) is 0 Å². The molecule has 0 aliphatic rings. The van der Waals surface area contributed by atoms with Gasteiger partial charge in [-0.2, -0.15) is 20.5 Å². The fourth-order valence-electron chi connectivity index (χ4n) is 1.13. The summed E-state index contributed by atoms with van der Waals surface area (Å²) >= 11 is 0. The zero-order valence-electron chi connectivity index (χ0n) is 7.78. The van der Waals surface area contributed by atoms with E-state index < -0.39 is 0 Å². The third-order valence-electron chi connectivity index (χ3n) is 1.77. The second-order valence-corrected chi connectivity index (χ2v) is 2.69. The molecule has 74 valence electrons. The minimum Gasteiger partial charge on any atom is -0.225 e. The Balaban J connectivity index is 2.38. The SMILES string of the molecule is N=NN(c1ccccc1)c1ncncn1. The second kappa shape index (κ2) is 4.23. The van der Waals surface area contributed by atoms with Crippen molar-refractivity contribution in [2.24, 2.45) is 5.22 Å². The summed E-state index contributed by atoms with van der Waals surface area (Å²) in [7, 11) is 0. The lowest BCUT2D eigenvalue weighted by Gasteiger charge is -2.13. The van der Waals surface area contributed by atoms with Crippen LogP contribution in [-0.4, -0.2) is 15.0 Å². The molecule has 0 bridgehead atoms. The molecule has 0 aliphatic heterocycles. The summed E-state index contributed by atoms with van der Waals surface area (Å²) in [6, 6.07) is 9.24. The predicted octanol–water partition coefficient (Wildman–Crippen LogP) is 1.96. The van der Waals surface area contributed by atoms with Crippen molar-refractivity contribution in [1.29, 1.82) is 5.53 Å². The highest BCUT2D eigenvalue weighted by molar-refractivity contribution is 5.54. The lowest BCUT2D eigenvalue weighted by Crippen LogP contribution is -2.10. The second-order valence-electron chi connectivity index (χ2n) is 2.69. The molecule has 2 aromatic rings. The van der Waals surface area contributed by atoms with Crippen LogP contribution < -0.4 is 5.01 Å². The zero-order valence-corrected chi connectivity index (χ0v) is 7.78. The molecule has 0 radical (unpaired) electrons. The molecule has 15 heavy (non-hydrogen) atoms. The van der Waals surface area contributed by atoms with Crippen molar-refractivity contribution in [1.82, 2.24) is 15.0 Å². The van der Waals surface area contributed by atoms with Crippen molar-refractivity contribution in [3.63, 3.8) is 0 Å². The molecular weight excluding hydrogens is 192 g/mol. The van der Waals surface area contributed by atoms with Crippen LogP contribution in [0.1, 0.15) is 0 Å². The number of anilines is 2. The Bertz CT molecular complexity index is 389. The molecule has 1 aromatic carbocycles. The van der Waals surface area contributed by atoms with E-state index in [1.165, 1.54) is 17.7 Å². The van der Waals surface area contributed by atoms with E-state index in [9.17, 15) is 0 Å². The van der Waals surface area contributed by atoms with Crippen LogP contribution in [0.25, 0.3) is 0 Å². The quantitative estimate of drug-likeness (QED) is 0.606. The van der Waals surface area contributed by atoms with Crippen molar-refractivity contribution in [2.45, 2.75) is 0 Å². The number of rotatable bonds is 3. The van der Waals surface area contributed by atoms with E-state index >= 15 is 0 Å². The molecule has 0 amide bonds. The Morgan fingerprint density at radius 1 is 1.07 bits per heavy atom. The van der Waals surface area contributed by atoms with Gasteiger partial charge in [0, 0.05) is 0 Å². The number of aromatic nitrogens is 3. The molecule has 1 N–H and O–H groups in total. The highest BCUT2D eigenvalue weighted by Gasteiger charge is 2.09. The molecule has 0 atom stereocenters. The minimum absolute atomic E-state index is 0.325. The third-order valence-corrected chi connectivity index (χ3v) is 1.77. The first-order valence-electron chi connectivity index (χ1n) is 4.26. The largest absolute Gasteiger partial charge is 0.255 e. The van der Waals surface area contributed by atoms with Crippen LogP contribution in [0.5, 0.6) is 0 Å². The van der Waals surface area contributed by atoms with Crippen LogP contribution in [0.2, 0.25) is 0 Å². The van der Waals surface area contributed by atoms with E-state index in [1.807, 2.05) is 30.3 Å². The van der Waals surface area contributed by atoms with Crippen LogP contribution in [-0.2, 0) is 0 Å². The summed E-state index contributed by atoms with van der Waals surface area (Å²) in [5, 5.41) is 4.68. The first-order chi connectivity index (χ1) is 7.42. The van der Waals surface area contributed by atoms with Crippen LogP contribution in [0.15, 0.2) is 48.2 Å². The van der Waals surface area contributed by atoms with Gasteiger partial charge in [-0.05, 0) is 12.1 Å². The molecule has 0 spiro atoms. The standard InChI is InChI=1S/C9H8N6/c10-14-15(8-4-2-1-3-5-8)9-12-6-11-7-13-9/h1-7,10H. The average Bonchev–Trinajstić information content (AvgIpc) is 2.33. The van der Waals surface area contributed by atoms with Crippen LogP contribution in [0, 0.1) is 5.53 Å². The lowest BCUT2D eigenvalue weighted by atomic mass is 10.3. The van der Waals surface area contributed by atoms with Crippen molar-refractivity contribution >= 4 is 11.6 Å². The average molecular weight is 200 g/mol. The molecule has 0 saturated heterocycles. The summed E-state index contributed by atoms with van der Waals surface area (Å²) in [6.45, 7) is 0. The molecular formula is C9H8N6. The Morgan fingerprint density at radius 2 is 1.73 bits per heavy atom. The minimum atomic E-state index is 0.325. The maximum Gasteiger partial charge on any atom is 0.255 e. The molecule has 6 nitrogen and oxygen atoms in total. The fourth-order valence-corrected chi connectivity index (χ4v) is 1.13. The van der Waals surface area contributed by atoms with Crippen LogP contribution in [0.4, 0.5) is 11.6 Å². The number of benzene rings is 1. The van der Waals surface area contributed by atoms with Gasteiger partial charge in [-0.1, -0.05) is 23.4 Å². The zero-order chi connectivity index (χ0) is 10.5. The van der Waals surface area contributed by atoms with Crippen molar-refractivity contribution < 1.29 is 0 Å². The van der Waals surface area contributed by atoms with Gasteiger partial charge in [-0.25, -0.2) is 4.98 Å². The third kappa shape index (κ3) is 1.93. The van der Waals surface area contributed by atoms with E-state index in [4.69, 9.17) is 5.53 Å². The molecule has 0 unspecified atom stereocenters. The van der Waals surface area contributed by atoms with Crippen molar-refractivity contribution in [3.05, 3.63) is 43.0 Å². The topological polar surface area (TPSA) is 78.1 Å². The summed E-state index contributed by atoms with van der Waals surface area (Å²) < 4.78 is 0. The van der Waals surface area contributed by atoms with E-state index in [0.29, 0.717) is 5.95 Å². The Labute approximate surface area is 86.1 Å². The van der Waals surface area contributed by atoms with Gasteiger partial charge in [-0.15, -0.1) is 0 Å². The van der Waals surface area contributed by atoms with Crippen molar-refractivity contribution in [2.75, 3.05) is 5.01 Å². The van der Waals surface area contributed by atoms with Gasteiger partial charge in [0.25, 0.3) is 5.95 Å². The van der Waals surface area contributed by atoms with E-state index in [1.54, 1.807) is 0 Å². The summed E-state index contributed by atoms with van der Waals surface area (Å²) in [6.07, 6.45) is 2.73. The highest BCUT2D eigenvalue weighted by atomic mass is 15.6. The molecule has 2 rings (SSSR count). The van der Waals surface area contributed by atoms with Gasteiger partial charge in [0.1, 0.15) is 12.7 Å². The number of para-hydroxylation sites is 1. The van der Waals surface area contributed by atoms with Gasteiger partial charge < -0.3 is 0 Å². The maximum atomic E-state index is 7.09. The van der Waals surface area contributed by atoms with Gasteiger partial charge in [0.2, 0.25) is 0 Å². The van der Waals surface area contributed by atoms with E-state index in [0.717, 1.165) is 5.69 Å². The monoisotopic (exact) mass is 200 g/mol. The Morgan fingerprint density at radius 3 is 2.33 bits per heavy atom. The summed E-state index contributed by atoms with van der Waals surface area (Å²) in [5.74, 6) is 0.325. The predicted molar refractivity (Wildman–Crippen MR) is 53.6 cm³/mol. The summed E-state index contributed by atoms with van der Waals surface area (Å²) in [5.41, 5.74) is 7.82. The fraction of sp³-hybridized carbons (Fsp3) is 0. The smallest absolute Gasteiger partial charge is 0.225 e. The Hall–Kier alpha value is -2.37. The molecule has 6 heteroatoms. The molecule has 0 saturated carbocycles. The lowest BCUT2D eigenvalue weighted by molar-refractivity contribution is 0.862. The molecule has 0 fully saturated rings. The normalized spacial score (nSPS) is 9.60.